The highest BCUT2D eigenvalue weighted by Gasteiger charge is 2.23. The van der Waals surface area contributed by atoms with Crippen LogP contribution in [0.2, 0.25) is 5.02 Å². The quantitative estimate of drug-likeness (QED) is 0.620. The van der Waals surface area contributed by atoms with E-state index in [1.807, 2.05) is 25.3 Å². The van der Waals surface area contributed by atoms with Gasteiger partial charge in [-0.1, -0.05) is 18.5 Å². The van der Waals surface area contributed by atoms with Crippen molar-refractivity contribution >= 4 is 23.5 Å². The number of amides is 1. The molecule has 0 unspecified atom stereocenters. The number of nitrogens with zero attached hydrogens (tertiary/aromatic N) is 2. The predicted molar refractivity (Wildman–Crippen MR) is 106 cm³/mol. The van der Waals surface area contributed by atoms with Crippen LogP contribution in [0.3, 0.4) is 0 Å². The number of H-pyrrole nitrogens is 1. The zero-order chi connectivity index (χ0) is 20.3. The van der Waals surface area contributed by atoms with Gasteiger partial charge in [-0.05, 0) is 43.2 Å². The number of carbonyl (C=O) groups is 2. The minimum atomic E-state index is -0.450. The van der Waals surface area contributed by atoms with Crippen molar-refractivity contribution in [2.24, 2.45) is 0 Å². The van der Waals surface area contributed by atoms with Crippen LogP contribution in [0.5, 0.6) is 0 Å². The van der Waals surface area contributed by atoms with Gasteiger partial charge in [-0.3, -0.25) is 4.79 Å². The Labute approximate surface area is 167 Å². The summed E-state index contributed by atoms with van der Waals surface area (Å²) < 4.78 is 6.53. The third kappa shape index (κ3) is 3.94. The van der Waals surface area contributed by atoms with E-state index in [1.165, 1.54) is 7.11 Å². The van der Waals surface area contributed by atoms with Gasteiger partial charge < -0.3 is 15.0 Å². The smallest absolute Gasteiger partial charge is 0.339 e. The molecule has 28 heavy (non-hydrogen) atoms. The van der Waals surface area contributed by atoms with Gasteiger partial charge in [-0.15, -0.1) is 0 Å². The van der Waals surface area contributed by atoms with E-state index < -0.39 is 5.97 Å². The Kier molecular flexibility index (Phi) is 5.84. The Morgan fingerprint density at radius 2 is 2.00 bits per heavy atom. The molecule has 3 aromatic rings. The SMILES string of the molecule is CCc1[nH]c(C(=O)NCc2cnn(-c3ccc(Cl)cc3)c2)c(C)c1C(=O)OC. The summed E-state index contributed by atoms with van der Waals surface area (Å²) in [6.45, 7) is 3.94. The van der Waals surface area contributed by atoms with Crippen molar-refractivity contribution in [2.45, 2.75) is 26.8 Å². The molecule has 0 saturated heterocycles. The van der Waals surface area contributed by atoms with Gasteiger partial charge in [0.1, 0.15) is 5.69 Å². The van der Waals surface area contributed by atoms with Gasteiger partial charge in [-0.2, -0.15) is 5.10 Å². The van der Waals surface area contributed by atoms with Crippen LogP contribution in [0, 0.1) is 6.92 Å². The van der Waals surface area contributed by atoms with Gasteiger partial charge in [0.2, 0.25) is 0 Å². The molecule has 0 bridgehead atoms. The highest BCUT2D eigenvalue weighted by molar-refractivity contribution is 6.30. The van der Waals surface area contributed by atoms with Crippen LogP contribution in [0.25, 0.3) is 5.69 Å². The summed E-state index contributed by atoms with van der Waals surface area (Å²) in [5.41, 5.74) is 3.77. The van der Waals surface area contributed by atoms with Crippen LogP contribution >= 0.6 is 11.6 Å². The maximum absolute atomic E-state index is 12.6. The summed E-state index contributed by atoms with van der Waals surface area (Å²) in [6, 6.07) is 7.30. The Bertz CT molecular complexity index is 1010. The summed E-state index contributed by atoms with van der Waals surface area (Å²) in [5, 5.41) is 7.81. The molecular weight excluding hydrogens is 380 g/mol. The van der Waals surface area contributed by atoms with E-state index in [0.717, 1.165) is 11.3 Å². The van der Waals surface area contributed by atoms with E-state index in [0.29, 0.717) is 40.5 Å². The van der Waals surface area contributed by atoms with E-state index in [2.05, 4.69) is 15.4 Å². The fourth-order valence-electron chi connectivity index (χ4n) is 2.99. The molecule has 0 saturated carbocycles. The minimum absolute atomic E-state index is 0.290. The molecule has 0 aliphatic carbocycles. The van der Waals surface area contributed by atoms with Gasteiger partial charge in [0, 0.05) is 29.0 Å². The molecule has 0 aliphatic heterocycles. The number of benzene rings is 1. The average Bonchev–Trinajstić information content (AvgIpc) is 3.30. The number of hydrogen-bond acceptors (Lipinski definition) is 4. The van der Waals surface area contributed by atoms with Crippen molar-refractivity contribution in [1.29, 1.82) is 0 Å². The first kappa shape index (κ1) is 19.7. The van der Waals surface area contributed by atoms with Crippen LogP contribution < -0.4 is 5.32 Å². The summed E-state index contributed by atoms with van der Waals surface area (Å²) in [7, 11) is 1.33. The summed E-state index contributed by atoms with van der Waals surface area (Å²) >= 11 is 5.90. The maximum atomic E-state index is 12.6. The summed E-state index contributed by atoms with van der Waals surface area (Å²) in [4.78, 5) is 27.6. The molecule has 8 heteroatoms. The van der Waals surface area contributed by atoms with Crippen LogP contribution in [0.15, 0.2) is 36.7 Å². The van der Waals surface area contributed by atoms with Gasteiger partial charge in [0.15, 0.2) is 0 Å². The molecule has 2 aromatic heterocycles. The molecule has 7 nitrogen and oxygen atoms in total. The largest absolute Gasteiger partial charge is 0.465 e. The van der Waals surface area contributed by atoms with E-state index >= 15 is 0 Å². The number of esters is 1. The first-order valence-corrected chi connectivity index (χ1v) is 9.19. The lowest BCUT2D eigenvalue weighted by molar-refractivity contribution is 0.0599. The van der Waals surface area contributed by atoms with Crippen LogP contribution in [0.1, 0.15) is 44.6 Å². The van der Waals surface area contributed by atoms with Crippen molar-refractivity contribution in [3.8, 4) is 5.69 Å². The second-order valence-corrected chi connectivity index (χ2v) is 6.71. The number of carbonyl (C=O) groups excluding carboxylic acids is 2. The number of aryl methyl sites for hydroxylation is 1. The maximum Gasteiger partial charge on any atom is 0.339 e. The number of methoxy groups -OCH3 is 1. The monoisotopic (exact) mass is 400 g/mol. The van der Waals surface area contributed by atoms with E-state index in [1.54, 1.807) is 29.9 Å². The first-order valence-electron chi connectivity index (χ1n) is 8.82. The van der Waals surface area contributed by atoms with E-state index in [9.17, 15) is 9.59 Å². The minimum Gasteiger partial charge on any atom is -0.465 e. The van der Waals surface area contributed by atoms with Crippen LogP contribution in [0.4, 0.5) is 0 Å². The number of halogens is 1. The third-order valence-electron chi connectivity index (χ3n) is 4.48. The third-order valence-corrected chi connectivity index (χ3v) is 4.73. The van der Waals surface area contributed by atoms with Gasteiger partial charge >= 0.3 is 5.97 Å². The number of nitrogens with one attached hydrogen (secondary N) is 2. The highest BCUT2D eigenvalue weighted by atomic mass is 35.5. The normalized spacial score (nSPS) is 10.7. The van der Waals surface area contributed by atoms with Gasteiger partial charge in [0.05, 0.1) is 24.6 Å². The van der Waals surface area contributed by atoms with Crippen molar-refractivity contribution < 1.29 is 14.3 Å². The molecular formula is C20H21ClN4O3. The number of rotatable bonds is 6. The number of aromatic nitrogens is 3. The molecule has 0 aliphatic rings. The Hall–Kier alpha value is -3.06. The van der Waals surface area contributed by atoms with E-state index in [-0.39, 0.29) is 5.91 Å². The van der Waals surface area contributed by atoms with Crippen molar-refractivity contribution in [1.82, 2.24) is 20.1 Å². The predicted octanol–water partition coefficient (Wildman–Crippen LogP) is 3.44. The molecule has 0 spiro atoms. The molecule has 1 amide bonds. The highest BCUT2D eigenvalue weighted by Crippen LogP contribution is 2.20. The van der Waals surface area contributed by atoms with Crippen molar-refractivity contribution in [2.75, 3.05) is 7.11 Å². The van der Waals surface area contributed by atoms with Crippen molar-refractivity contribution in [3.63, 3.8) is 0 Å². The molecule has 2 heterocycles. The fourth-order valence-corrected chi connectivity index (χ4v) is 3.11. The Morgan fingerprint density at radius 1 is 1.29 bits per heavy atom. The zero-order valence-electron chi connectivity index (χ0n) is 15.9. The molecule has 2 N–H and O–H groups in total. The topological polar surface area (TPSA) is 89.0 Å². The standard InChI is InChI=1S/C20H21ClN4O3/c1-4-16-17(20(27)28-3)12(2)18(24-16)19(26)22-9-13-10-23-25(11-13)15-7-5-14(21)6-8-15/h5-8,10-11,24H,4,9H2,1-3H3,(H,22,26). The fraction of sp³-hybridized carbons (Fsp3) is 0.250. The second kappa shape index (κ2) is 8.31. The summed E-state index contributed by atoms with van der Waals surface area (Å²) in [5.74, 6) is -0.740. The molecule has 146 valence electrons. The lowest BCUT2D eigenvalue weighted by atomic mass is 10.1. The number of hydrogen-bond donors (Lipinski definition) is 2. The van der Waals surface area contributed by atoms with Crippen LogP contribution in [-0.4, -0.2) is 33.8 Å². The second-order valence-electron chi connectivity index (χ2n) is 6.28. The average molecular weight is 401 g/mol. The number of aromatic amines is 1. The van der Waals surface area contributed by atoms with E-state index in [4.69, 9.17) is 16.3 Å². The van der Waals surface area contributed by atoms with Gasteiger partial charge in [0.25, 0.3) is 5.91 Å². The first-order chi connectivity index (χ1) is 13.4. The summed E-state index contributed by atoms with van der Waals surface area (Å²) in [6.07, 6.45) is 4.11. The molecule has 0 atom stereocenters. The molecule has 0 radical (unpaired) electrons. The number of ether oxygens (including phenoxy) is 1. The Balaban J connectivity index is 1.72. The molecule has 0 fully saturated rings. The lowest BCUT2D eigenvalue weighted by Crippen LogP contribution is -2.23. The van der Waals surface area contributed by atoms with Crippen LogP contribution in [-0.2, 0) is 17.7 Å². The van der Waals surface area contributed by atoms with Gasteiger partial charge in [-0.25, -0.2) is 9.48 Å². The Morgan fingerprint density at radius 3 is 2.64 bits per heavy atom. The molecule has 1 aromatic carbocycles. The lowest BCUT2D eigenvalue weighted by Gasteiger charge is -2.04. The van der Waals surface area contributed by atoms with Crippen molar-refractivity contribution in [3.05, 3.63) is 69.8 Å². The molecule has 3 rings (SSSR count). The zero-order valence-corrected chi connectivity index (χ0v) is 16.6.